The number of hydrogen-bond donors (Lipinski definition) is 0. The maximum atomic E-state index is 12.7. The predicted molar refractivity (Wildman–Crippen MR) is 96.8 cm³/mol. The first kappa shape index (κ1) is 18.6. The van der Waals surface area contributed by atoms with E-state index in [1.807, 2.05) is 16.7 Å². The van der Waals surface area contributed by atoms with Crippen LogP contribution in [-0.4, -0.2) is 63.0 Å². The van der Waals surface area contributed by atoms with Crippen molar-refractivity contribution in [2.45, 2.75) is 64.5 Å². The molecule has 0 radical (unpaired) electrons. The molecular weight excluding hydrogens is 332 g/mol. The van der Waals surface area contributed by atoms with Crippen molar-refractivity contribution in [3.05, 3.63) is 23.8 Å². The number of amides is 2. The number of ether oxygens (including phenoxy) is 1. The van der Waals surface area contributed by atoms with Gasteiger partial charge in [-0.1, -0.05) is 20.3 Å². The lowest BCUT2D eigenvalue weighted by Gasteiger charge is -2.37. The molecule has 1 aromatic rings. The summed E-state index contributed by atoms with van der Waals surface area (Å²) in [5.74, 6) is 0.682. The van der Waals surface area contributed by atoms with E-state index in [0.717, 1.165) is 25.1 Å². The number of carbonyl (C=O) groups is 2. The molecule has 1 atom stereocenters. The number of likely N-dealkylation sites (tertiary alicyclic amines) is 1. The van der Waals surface area contributed by atoms with E-state index in [1.165, 1.54) is 0 Å². The smallest absolute Gasteiger partial charge is 0.410 e. The molecule has 26 heavy (non-hydrogen) atoms. The zero-order valence-corrected chi connectivity index (χ0v) is 15.9. The minimum atomic E-state index is -0.446. The summed E-state index contributed by atoms with van der Waals surface area (Å²) in [5, 5.41) is 0. The minimum absolute atomic E-state index is 0.0527. The second-order valence-corrected chi connectivity index (χ2v) is 7.35. The highest BCUT2D eigenvalue weighted by molar-refractivity contribution is 5.93. The van der Waals surface area contributed by atoms with Crippen molar-refractivity contribution in [3.8, 4) is 0 Å². The summed E-state index contributed by atoms with van der Waals surface area (Å²) < 4.78 is 5.76. The number of nitrogens with zero attached hydrogens (tertiary/aromatic N) is 4. The van der Waals surface area contributed by atoms with Gasteiger partial charge in [0.1, 0.15) is 11.4 Å². The van der Waals surface area contributed by atoms with E-state index in [2.05, 4.69) is 23.8 Å². The van der Waals surface area contributed by atoms with Crippen LogP contribution in [0, 0.1) is 0 Å². The lowest BCUT2D eigenvalue weighted by Crippen LogP contribution is -2.49. The molecule has 7 nitrogen and oxygen atoms in total. The molecule has 2 amide bonds. The van der Waals surface area contributed by atoms with Crippen molar-refractivity contribution in [2.75, 3.05) is 19.6 Å². The zero-order valence-electron chi connectivity index (χ0n) is 15.9. The Hall–Kier alpha value is -2.18. The van der Waals surface area contributed by atoms with Crippen LogP contribution in [0.4, 0.5) is 4.79 Å². The number of carbonyl (C=O) groups excluding carboxylic acids is 2. The van der Waals surface area contributed by atoms with E-state index >= 15 is 0 Å². The molecule has 3 rings (SSSR count). The molecule has 0 aromatic carbocycles. The molecule has 2 saturated heterocycles. The molecule has 2 fully saturated rings. The van der Waals surface area contributed by atoms with E-state index in [4.69, 9.17) is 4.74 Å². The zero-order chi connectivity index (χ0) is 18.7. The molecule has 142 valence electrons. The lowest BCUT2D eigenvalue weighted by atomic mass is 9.90. The van der Waals surface area contributed by atoms with Crippen LogP contribution in [0.2, 0.25) is 0 Å². The Morgan fingerprint density at radius 3 is 2.50 bits per heavy atom. The summed E-state index contributed by atoms with van der Waals surface area (Å²) in [4.78, 5) is 37.0. The van der Waals surface area contributed by atoms with Gasteiger partial charge >= 0.3 is 6.09 Å². The third-order valence-corrected chi connectivity index (χ3v) is 5.47. The topological polar surface area (TPSA) is 75.6 Å². The molecule has 3 heterocycles. The largest absolute Gasteiger partial charge is 0.441 e. The van der Waals surface area contributed by atoms with E-state index in [1.54, 1.807) is 12.4 Å². The molecule has 2 aliphatic heterocycles. The summed E-state index contributed by atoms with van der Waals surface area (Å²) >= 11 is 0. The minimum Gasteiger partial charge on any atom is -0.441 e. The van der Waals surface area contributed by atoms with Crippen molar-refractivity contribution in [3.63, 3.8) is 0 Å². The van der Waals surface area contributed by atoms with Gasteiger partial charge in [0.25, 0.3) is 5.91 Å². The Balaban J connectivity index is 1.60. The first-order valence-electron chi connectivity index (χ1n) is 9.58. The van der Waals surface area contributed by atoms with Crippen LogP contribution in [-0.2, 0) is 11.2 Å². The second kappa shape index (κ2) is 7.60. The van der Waals surface area contributed by atoms with E-state index < -0.39 is 5.60 Å². The van der Waals surface area contributed by atoms with E-state index in [0.29, 0.717) is 38.0 Å². The fraction of sp³-hybridized carbons (Fsp3) is 0.684. The Kier molecular flexibility index (Phi) is 5.44. The van der Waals surface area contributed by atoms with Gasteiger partial charge in [0.05, 0.1) is 12.1 Å². The van der Waals surface area contributed by atoms with Crippen LogP contribution in [0.5, 0.6) is 0 Å². The molecule has 1 unspecified atom stereocenters. The van der Waals surface area contributed by atoms with Gasteiger partial charge in [-0.3, -0.25) is 4.79 Å². The predicted octanol–water partition coefficient (Wildman–Crippen LogP) is 2.65. The average Bonchev–Trinajstić information content (AvgIpc) is 2.98. The Morgan fingerprint density at radius 2 is 1.92 bits per heavy atom. The SMILES string of the molecule is CCCC(C)N1CC2(CCN(C(=O)c3cnc(CC)nc3)CC2)OC1=O. The molecule has 1 spiro atoms. The number of piperidine rings is 1. The van der Waals surface area contributed by atoms with Gasteiger partial charge in [-0.25, -0.2) is 14.8 Å². The summed E-state index contributed by atoms with van der Waals surface area (Å²) in [6.07, 6.45) is 7.10. The number of aromatic nitrogens is 2. The van der Waals surface area contributed by atoms with E-state index in [9.17, 15) is 9.59 Å². The van der Waals surface area contributed by atoms with E-state index in [-0.39, 0.29) is 18.0 Å². The number of aryl methyl sites for hydroxylation is 1. The first-order valence-corrected chi connectivity index (χ1v) is 9.58. The van der Waals surface area contributed by atoms with Crippen molar-refractivity contribution in [1.82, 2.24) is 19.8 Å². The maximum Gasteiger partial charge on any atom is 0.410 e. The molecule has 7 heteroatoms. The monoisotopic (exact) mass is 360 g/mol. The van der Waals surface area contributed by atoms with Gasteiger partial charge in [0.2, 0.25) is 0 Å². The van der Waals surface area contributed by atoms with Crippen LogP contribution >= 0.6 is 0 Å². The fourth-order valence-corrected chi connectivity index (χ4v) is 3.77. The van der Waals surface area contributed by atoms with Gasteiger partial charge in [0.15, 0.2) is 0 Å². The van der Waals surface area contributed by atoms with Gasteiger partial charge in [-0.2, -0.15) is 0 Å². The molecule has 0 aliphatic carbocycles. The molecule has 0 saturated carbocycles. The van der Waals surface area contributed by atoms with Crippen LogP contribution in [0.25, 0.3) is 0 Å². The maximum absolute atomic E-state index is 12.7. The highest BCUT2D eigenvalue weighted by Gasteiger charge is 2.48. The van der Waals surface area contributed by atoms with Crippen LogP contribution < -0.4 is 0 Å². The van der Waals surface area contributed by atoms with Crippen LogP contribution in [0.1, 0.15) is 62.6 Å². The van der Waals surface area contributed by atoms with Crippen molar-refractivity contribution >= 4 is 12.0 Å². The number of rotatable bonds is 5. The molecule has 0 N–H and O–H groups in total. The normalized spacial score (nSPS) is 20.3. The molecule has 0 bridgehead atoms. The summed E-state index contributed by atoms with van der Waals surface area (Å²) in [7, 11) is 0. The fourth-order valence-electron chi connectivity index (χ4n) is 3.77. The van der Waals surface area contributed by atoms with Gasteiger partial charge in [-0.05, 0) is 13.3 Å². The quantitative estimate of drug-likeness (QED) is 0.807. The Bertz CT molecular complexity index is 653. The Labute approximate surface area is 154 Å². The highest BCUT2D eigenvalue weighted by atomic mass is 16.6. The molecular formula is C19H28N4O3. The van der Waals surface area contributed by atoms with Crippen LogP contribution in [0.3, 0.4) is 0 Å². The van der Waals surface area contributed by atoms with Gasteiger partial charge in [0, 0.05) is 50.8 Å². The second-order valence-electron chi connectivity index (χ2n) is 7.35. The van der Waals surface area contributed by atoms with Gasteiger partial charge in [-0.15, -0.1) is 0 Å². The first-order chi connectivity index (χ1) is 12.5. The summed E-state index contributed by atoms with van der Waals surface area (Å²) in [6.45, 7) is 7.96. The van der Waals surface area contributed by atoms with Crippen molar-refractivity contribution in [2.24, 2.45) is 0 Å². The summed E-state index contributed by atoms with van der Waals surface area (Å²) in [5.41, 5.74) is 0.0677. The standard InChI is InChI=1S/C19H28N4O3/c1-4-6-14(3)23-13-19(26-18(23)25)7-9-22(10-8-19)17(24)15-11-20-16(5-2)21-12-15/h11-12,14H,4-10,13H2,1-3H3. The van der Waals surface area contributed by atoms with Crippen LogP contribution in [0.15, 0.2) is 12.4 Å². The Morgan fingerprint density at radius 1 is 1.27 bits per heavy atom. The number of hydrogen-bond acceptors (Lipinski definition) is 5. The van der Waals surface area contributed by atoms with Gasteiger partial charge < -0.3 is 14.5 Å². The molecule has 1 aromatic heterocycles. The highest BCUT2D eigenvalue weighted by Crippen LogP contribution is 2.35. The lowest BCUT2D eigenvalue weighted by molar-refractivity contribution is 0.00304. The third kappa shape index (κ3) is 3.66. The summed E-state index contributed by atoms with van der Waals surface area (Å²) in [6, 6.07) is 0.195. The van der Waals surface area contributed by atoms with Crippen molar-refractivity contribution in [1.29, 1.82) is 0 Å². The average molecular weight is 360 g/mol. The third-order valence-electron chi connectivity index (χ3n) is 5.47. The van der Waals surface area contributed by atoms with Crippen molar-refractivity contribution < 1.29 is 14.3 Å². The molecule has 2 aliphatic rings.